The number of nitrogens with zero attached hydrogens (tertiary/aromatic N) is 5. The molecule has 1 aliphatic carbocycles. The van der Waals surface area contributed by atoms with E-state index in [1.165, 1.54) is 25.7 Å². The van der Waals surface area contributed by atoms with Crippen LogP contribution in [0.2, 0.25) is 0 Å². The Balaban J connectivity index is 1.31. The Labute approximate surface area is 188 Å². The van der Waals surface area contributed by atoms with Gasteiger partial charge in [-0.05, 0) is 50.4 Å². The summed E-state index contributed by atoms with van der Waals surface area (Å²) >= 11 is 0. The Hall–Kier alpha value is -2.77. The van der Waals surface area contributed by atoms with Crippen LogP contribution in [0.15, 0.2) is 48.9 Å². The molecule has 3 fully saturated rings. The molecule has 6 rings (SSSR count). The largest absolute Gasteiger partial charge is 0.373 e. The van der Waals surface area contributed by atoms with Crippen LogP contribution in [-0.2, 0) is 4.74 Å². The van der Waals surface area contributed by atoms with Crippen LogP contribution in [0.3, 0.4) is 0 Å². The van der Waals surface area contributed by atoms with Crippen molar-refractivity contribution in [2.24, 2.45) is 0 Å². The number of morpholine rings is 1. The molecule has 0 bridgehead atoms. The molecule has 0 spiro atoms. The van der Waals surface area contributed by atoms with Gasteiger partial charge in [-0.15, -0.1) is 0 Å². The van der Waals surface area contributed by atoms with Gasteiger partial charge in [0.05, 0.1) is 30.6 Å². The molecule has 3 aromatic rings. The quantitative estimate of drug-likeness (QED) is 0.619. The number of fused-ring (bicyclic) bond motifs is 1. The summed E-state index contributed by atoms with van der Waals surface area (Å²) in [6.45, 7) is 4.20. The van der Waals surface area contributed by atoms with Crippen molar-refractivity contribution >= 4 is 17.1 Å². The molecule has 2 aliphatic heterocycles. The van der Waals surface area contributed by atoms with Crippen molar-refractivity contribution < 1.29 is 9.53 Å². The van der Waals surface area contributed by atoms with E-state index in [1.807, 2.05) is 35.5 Å². The van der Waals surface area contributed by atoms with Crippen molar-refractivity contribution in [1.82, 2.24) is 24.3 Å². The van der Waals surface area contributed by atoms with Crippen molar-refractivity contribution in [1.29, 1.82) is 0 Å². The number of hydrogen-bond donors (Lipinski definition) is 0. The number of imidazole rings is 1. The third-order valence-electron chi connectivity index (χ3n) is 6.99. The number of aromatic nitrogens is 3. The lowest BCUT2D eigenvalue weighted by Crippen LogP contribution is -2.51. The SMILES string of the molecule is O=C(c1cnc2c(c1)ncn2C1CC1)N1CCO[C@@H](CN2CCCC2)[C@@H]1c1ccccc1. The number of carbonyl (C=O) groups excluding carboxylic acids is 1. The zero-order chi connectivity index (χ0) is 21.5. The van der Waals surface area contributed by atoms with Crippen LogP contribution in [0.25, 0.3) is 11.2 Å². The normalized spacial score (nSPS) is 24.3. The third kappa shape index (κ3) is 3.69. The second-order valence-electron chi connectivity index (χ2n) is 9.22. The maximum atomic E-state index is 13.7. The maximum absolute atomic E-state index is 13.7. The van der Waals surface area contributed by atoms with Crippen LogP contribution < -0.4 is 0 Å². The van der Waals surface area contributed by atoms with E-state index in [0.29, 0.717) is 24.8 Å². The van der Waals surface area contributed by atoms with Gasteiger partial charge in [-0.2, -0.15) is 0 Å². The Morgan fingerprint density at radius 2 is 1.88 bits per heavy atom. The number of amides is 1. The molecule has 1 saturated carbocycles. The molecule has 3 aliphatic rings. The fraction of sp³-hybridized carbons (Fsp3) is 0.480. The van der Waals surface area contributed by atoms with Gasteiger partial charge in [-0.25, -0.2) is 9.97 Å². The van der Waals surface area contributed by atoms with Gasteiger partial charge >= 0.3 is 0 Å². The fourth-order valence-corrected chi connectivity index (χ4v) is 5.20. The molecule has 4 heterocycles. The minimum Gasteiger partial charge on any atom is -0.373 e. The zero-order valence-electron chi connectivity index (χ0n) is 18.3. The Bertz CT molecular complexity index is 1100. The van der Waals surface area contributed by atoms with Crippen LogP contribution in [0, 0.1) is 0 Å². The average Bonchev–Trinajstić information content (AvgIpc) is 3.38. The second kappa shape index (κ2) is 8.30. The number of ether oxygens (including phenoxy) is 1. The highest BCUT2D eigenvalue weighted by molar-refractivity contribution is 5.96. The minimum absolute atomic E-state index is 0.00365. The first-order valence-corrected chi connectivity index (χ1v) is 11.8. The summed E-state index contributed by atoms with van der Waals surface area (Å²) in [7, 11) is 0. The van der Waals surface area contributed by atoms with Crippen LogP contribution >= 0.6 is 0 Å². The molecule has 166 valence electrons. The fourth-order valence-electron chi connectivity index (χ4n) is 5.20. The van der Waals surface area contributed by atoms with Gasteiger partial charge in [0.15, 0.2) is 5.65 Å². The number of pyridine rings is 1. The first-order valence-electron chi connectivity index (χ1n) is 11.8. The first kappa shape index (κ1) is 19.9. The van der Waals surface area contributed by atoms with Gasteiger partial charge in [0.25, 0.3) is 5.91 Å². The molecule has 32 heavy (non-hydrogen) atoms. The average molecular weight is 432 g/mol. The van der Waals surface area contributed by atoms with E-state index in [4.69, 9.17) is 4.74 Å². The third-order valence-corrected chi connectivity index (χ3v) is 6.99. The van der Waals surface area contributed by atoms with Crippen LogP contribution in [0.4, 0.5) is 0 Å². The molecule has 1 amide bonds. The topological polar surface area (TPSA) is 63.5 Å². The van der Waals surface area contributed by atoms with E-state index in [0.717, 1.165) is 36.4 Å². The van der Waals surface area contributed by atoms with Gasteiger partial charge < -0.3 is 19.1 Å². The summed E-state index contributed by atoms with van der Waals surface area (Å²) < 4.78 is 8.40. The number of benzene rings is 1. The first-order chi connectivity index (χ1) is 15.8. The van der Waals surface area contributed by atoms with Gasteiger partial charge in [0.1, 0.15) is 5.52 Å². The molecule has 1 aromatic carbocycles. The lowest BCUT2D eigenvalue weighted by Gasteiger charge is -2.42. The van der Waals surface area contributed by atoms with Gasteiger partial charge in [-0.3, -0.25) is 4.79 Å². The molecule has 0 N–H and O–H groups in total. The van der Waals surface area contributed by atoms with E-state index in [9.17, 15) is 4.79 Å². The van der Waals surface area contributed by atoms with Crippen LogP contribution in [0.1, 0.15) is 53.7 Å². The summed E-state index contributed by atoms with van der Waals surface area (Å²) in [4.78, 5) is 27.4. The van der Waals surface area contributed by atoms with Gasteiger partial charge in [0, 0.05) is 25.3 Å². The van der Waals surface area contributed by atoms with Gasteiger partial charge in [0.2, 0.25) is 0 Å². The molecule has 0 unspecified atom stereocenters. The highest BCUT2D eigenvalue weighted by atomic mass is 16.5. The Morgan fingerprint density at radius 1 is 1.06 bits per heavy atom. The number of rotatable bonds is 5. The summed E-state index contributed by atoms with van der Waals surface area (Å²) in [6, 6.07) is 12.6. The molecule has 0 radical (unpaired) electrons. The Morgan fingerprint density at radius 3 is 2.66 bits per heavy atom. The molecule has 2 aromatic heterocycles. The number of hydrogen-bond acceptors (Lipinski definition) is 5. The molecule has 7 heteroatoms. The standard InChI is InChI=1S/C25H29N5O2/c31-25(19-14-21-24(26-15-19)30(17-27-21)20-8-9-20)29-12-13-32-22(16-28-10-4-5-11-28)23(29)18-6-2-1-3-7-18/h1-3,6-7,14-15,17,20,22-23H,4-5,8-13,16H2/t22-,23-/m0/s1. The Kier molecular flexibility index (Phi) is 5.15. The van der Waals surface area contributed by atoms with E-state index >= 15 is 0 Å². The lowest BCUT2D eigenvalue weighted by molar-refractivity contribution is -0.0707. The molecular formula is C25H29N5O2. The van der Waals surface area contributed by atoms with Crippen molar-refractivity contribution in [2.45, 2.75) is 43.9 Å². The highest BCUT2D eigenvalue weighted by Gasteiger charge is 2.38. The lowest BCUT2D eigenvalue weighted by atomic mass is 9.96. The maximum Gasteiger partial charge on any atom is 0.256 e. The van der Waals surface area contributed by atoms with Crippen molar-refractivity contribution in [3.05, 3.63) is 60.0 Å². The van der Waals surface area contributed by atoms with E-state index in [1.54, 1.807) is 6.20 Å². The summed E-state index contributed by atoms with van der Waals surface area (Å²) in [5.74, 6) is 0.00365. The van der Waals surface area contributed by atoms with Crippen LogP contribution in [-0.4, -0.2) is 69.1 Å². The van der Waals surface area contributed by atoms with Crippen molar-refractivity contribution in [3.63, 3.8) is 0 Å². The smallest absolute Gasteiger partial charge is 0.256 e. The molecule has 2 saturated heterocycles. The summed E-state index contributed by atoms with van der Waals surface area (Å²) in [5.41, 5.74) is 3.39. The predicted octanol–water partition coefficient (Wildman–Crippen LogP) is 3.44. The van der Waals surface area contributed by atoms with Crippen molar-refractivity contribution in [2.75, 3.05) is 32.8 Å². The van der Waals surface area contributed by atoms with E-state index < -0.39 is 0 Å². The van der Waals surface area contributed by atoms with E-state index in [-0.39, 0.29) is 18.1 Å². The van der Waals surface area contributed by atoms with Crippen molar-refractivity contribution in [3.8, 4) is 0 Å². The molecular weight excluding hydrogens is 402 g/mol. The van der Waals surface area contributed by atoms with Crippen LogP contribution in [0.5, 0.6) is 0 Å². The van der Waals surface area contributed by atoms with Gasteiger partial charge in [-0.1, -0.05) is 30.3 Å². The highest BCUT2D eigenvalue weighted by Crippen LogP contribution is 2.37. The summed E-state index contributed by atoms with van der Waals surface area (Å²) in [5, 5.41) is 0. The minimum atomic E-state index is -0.113. The predicted molar refractivity (Wildman–Crippen MR) is 121 cm³/mol. The number of likely N-dealkylation sites (tertiary alicyclic amines) is 1. The number of carbonyl (C=O) groups is 1. The molecule has 7 nitrogen and oxygen atoms in total. The second-order valence-corrected chi connectivity index (χ2v) is 9.22. The molecule has 2 atom stereocenters. The summed E-state index contributed by atoms with van der Waals surface area (Å²) in [6.07, 6.45) is 8.38. The van der Waals surface area contributed by atoms with E-state index in [2.05, 4.69) is 31.6 Å². The monoisotopic (exact) mass is 431 g/mol. The zero-order valence-corrected chi connectivity index (χ0v) is 18.3.